The molecular formula is C15H23ClN2O. The summed E-state index contributed by atoms with van der Waals surface area (Å²) in [6.07, 6.45) is 1.32. The minimum absolute atomic E-state index is 0. The van der Waals surface area contributed by atoms with Crippen molar-refractivity contribution in [1.82, 2.24) is 5.32 Å². The van der Waals surface area contributed by atoms with Crippen LogP contribution in [-0.2, 0) is 10.5 Å². The lowest BCUT2D eigenvalue weighted by Gasteiger charge is -2.46. The average Bonchev–Trinajstić information content (AvgIpc) is 2.39. The number of hydrogen-bond donors (Lipinski definition) is 1. The Morgan fingerprint density at radius 2 is 1.89 bits per heavy atom. The molecule has 0 bridgehead atoms. The number of rotatable bonds is 5. The number of halogens is 1. The Balaban J connectivity index is 0.00000324. The SMILES string of the molecule is C=CC(=O)NC(C)(c1ccccc1)[N+](C)(C)CC.[Cl-]. The number of benzene rings is 1. The first-order valence-corrected chi connectivity index (χ1v) is 6.20. The van der Waals surface area contributed by atoms with E-state index in [4.69, 9.17) is 0 Å². The van der Waals surface area contributed by atoms with Gasteiger partial charge in [0.05, 0.1) is 20.6 Å². The lowest BCUT2D eigenvalue weighted by molar-refractivity contribution is -0.949. The van der Waals surface area contributed by atoms with Gasteiger partial charge in [-0.05, 0) is 13.0 Å². The summed E-state index contributed by atoms with van der Waals surface area (Å²) in [6, 6.07) is 10.0. The first-order valence-electron chi connectivity index (χ1n) is 6.20. The lowest BCUT2D eigenvalue weighted by atomic mass is 9.97. The number of quaternary nitrogens is 1. The molecule has 1 atom stereocenters. The molecule has 4 heteroatoms. The maximum atomic E-state index is 11.7. The number of hydrogen-bond acceptors (Lipinski definition) is 1. The molecule has 1 aromatic rings. The zero-order chi connectivity index (χ0) is 13.8. The van der Waals surface area contributed by atoms with Gasteiger partial charge in [-0.3, -0.25) is 10.1 Å². The van der Waals surface area contributed by atoms with Gasteiger partial charge >= 0.3 is 0 Å². The van der Waals surface area contributed by atoms with Gasteiger partial charge in [-0.25, -0.2) is 0 Å². The number of nitrogens with one attached hydrogen (secondary N) is 1. The van der Waals surface area contributed by atoms with E-state index in [1.165, 1.54) is 6.08 Å². The highest BCUT2D eigenvalue weighted by atomic mass is 35.5. The fourth-order valence-electron chi connectivity index (χ4n) is 1.94. The van der Waals surface area contributed by atoms with Crippen LogP contribution >= 0.6 is 0 Å². The van der Waals surface area contributed by atoms with Gasteiger partial charge in [0.2, 0.25) is 5.91 Å². The molecule has 0 aromatic heterocycles. The summed E-state index contributed by atoms with van der Waals surface area (Å²) >= 11 is 0. The third-order valence-corrected chi connectivity index (χ3v) is 3.89. The Morgan fingerprint density at radius 1 is 1.37 bits per heavy atom. The number of carbonyl (C=O) groups is 1. The number of nitrogens with zero attached hydrogens (tertiary/aromatic N) is 1. The molecule has 0 heterocycles. The highest BCUT2D eigenvalue weighted by Gasteiger charge is 2.42. The highest BCUT2D eigenvalue weighted by Crippen LogP contribution is 2.29. The number of amides is 1. The number of carbonyl (C=O) groups excluding carboxylic acids is 1. The summed E-state index contributed by atoms with van der Waals surface area (Å²) in [7, 11) is 4.22. The molecule has 3 nitrogen and oxygen atoms in total. The van der Waals surface area contributed by atoms with Crippen LogP contribution in [0, 0.1) is 0 Å². The van der Waals surface area contributed by atoms with Crippen molar-refractivity contribution in [2.75, 3.05) is 20.6 Å². The molecule has 0 radical (unpaired) electrons. The van der Waals surface area contributed by atoms with E-state index in [2.05, 4.69) is 32.9 Å². The standard InChI is InChI=1S/C15H22N2O.ClH/c1-6-14(18)16-15(3,17(4,5)7-2)13-11-9-8-10-12-13;/h6,8-12H,1,7H2,2-5H3;1H. The molecule has 0 saturated heterocycles. The smallest absolute Gasteiger partial charge is 0.248 e. The second-order valence-corrected chi connectivity index (χ2v) is 5.13. The molecule has 1 aromatic carbocycles. The van der Waals surface area contributed by atoms with Gasteiger partial charge in [-0.15, -0.1) is 0 Å². The molecule has 1 amide bonds. The zero-order valence-corrected chi connectivity index (χ0v) is 12.9. The quantitative estimate of drug-likeness (QED) is 0.430. The van der Waals surface area contributed by atoms with Crippen molar-refractivity contribution in [3.63, 3.8) is 0 Å². The van der Waals surface area contributed by atoms with E-state index < -0.39 is 5.66 Å². The van der Waals surface area contributed by atoms with E-state index >= 15 is 0 Å². The van der Waals surface area contributed by atoms with Crippen molar-refractivity contribution >= 4 is 5.91 Å². The fourth-order valence-corrected chi connectivity index (χ4v) is 1.94. The van der Waals surface area contributed by atoms with Crippen molar-refractivity contribution < 1.29 is 21.7 Å². The second-order valence-electron chi connectivity index (χ2n) is 5.13. The summed E-state index contributed by atoms with van der Waals surface area (Å²) in [6.45, 7) is 8.59. The molecule has 0 aliphatic rings. The Hall–Kier alpha value is -1.32. The van der Waals surface area contributed by atoms with Crippen molar-refractivity contribution in [3.8, 4) is 0 Å². The summed E-state index contributed by atoms with van der Waals surface area (Å²) in [4.78, 5) is 11.7. The fraction of sp³-hybridized carbons (Fsp3) is 0.400. The van der Waals surface area contributed by atoms with Gasteiger partial charge in [0.25, 0.3) is 0 Å². The van der Waals surface area contributed by atoms with Gasteiger partial charge in [0.1, 0.15) is 0 Å². The van der Waals surface area contributed by atoms with Crippen molar-refractivity contribution in [2.45, 2.75) is 19.5 Å². The normalized spacial score (nSPS) is 13.9. The lowest BCUT2D eigenvalue weighted by Crippen LogP contribution is -3.00. The summed E-state index contributed by atoms with van der Waals surface area (Å²) in [5, 5.41) is 3.07. The van der Waals surface area contributed by atoms with E-state index in [0.29, 0.717) is 4.48 Å². The summed E-state index contributed by atoms with van der Waals surface area (Å²) in [5.74, 6) is -0.152. The summed E-state index contributed by atoms with van der Waals surface area (Å²) in [5.41, 5.74) is 0.619. The van der Waals surface area contributed by atoms with E-state index in [1.54, 1.807) is 0 Å². The Bertz CT molecular complexity index is 431. The van der Waals surface area contributed by atoms with Crippen LogP contribution in [-0.4, -0.2) is 31.0 Å². The molecule has 0 fully saturated rings. The first-order chi connectivity index (χ1) is 8.37. The minimum atomic E-state index is -0.471. The monoisotopic (exact) mass is 282 g/mol. The minimum Gasteiger partial charge on any atom is -1.00 e. The largest absolute Gasteiger partial charge is 1.00 e. The molecule has 1 unspecified atom stereocenters. The van der Waals surface area contributed by atoms with Crippen LogP contribution in [0.15, 0.2) is 43.0 Å². The van der Waals surface area contributed by atoms with Crippen LogP contribution in [0.1, 0.15) is 19.4 Å². The Kier molecular flexibility index (Phi) is 6.27. The van der Waals surface area contributed by atoms with E-state index in [0.717, 1.165) is 12.1 Å². The molecule has 1 rings (SSSR count). The molecule has 19 heavy (non-hydrogen) atoms. The van der Waals surface area contributed by atoms with Crippen LogP contribution in [0.25, 0.3) is 0 Å². The van der Waals surface area contributed by atoms with Crippen LogP contribution in [0.4, 0.5) is 0 Å². The molecule has 0 aliphatic carbocycles. The van der Waals surface area contributed by atoms with Crippen molar-refractivity contribution in [1.29, 1.82) is 0 Å². The molecule has 0 spiro atoms. The second kappa shape index (κ2) is 6.73. The maximum Gasteiger partial charge on any atom is 0.248 e. The molecule has 0 saturated carbocycles. The predicted octanol–water partition coefficient (Wildman–Crippen LogP) is -0.738. The van der Waals surface area contributed by atoms with Crippen LogP contribution in [0.2, 0.25) is 0 Å². The third-order valence-electron chi connectivity index (χ3n) is 3.89. The van der Waals surface area contributed by atoms with E-state index in [-0.39, 0.29) is 18.3 Å². The van der Waals surface area contributed by atoms with Gasteiger partial charge in [0.15, 0.2) is 5.66 Å². The average molecular weight is 283 g/mol. The maximum absolute atomic E-state index is 11.7. The molecular weight excluding hydrogens is 260 g/mol. The Labute approximate surface area is 122 Å². The van der Waals surface area contributed by atoms with Gasteiger partial charge in [0, 0.05) is 12.5 Å². The van der Waals surface area contributed by atoms with Crippen LogP contribution in [0.5, 0.6) is 0 Å². The molecule has 1 N–H and O–H groups in total. The van der Waals surface area contributed by atoms with Gasteiger partial charge < -0.3 is 16.9 Å². The molecule has 0 aliphatic heterocycles. The van der Waals surface area contributed by atoms with E-state index in [1.807, 2.05) is 37.3 Å². The van der Waals surface area contributed by atoms with Crippen LogP contribution < -0.4 is 17.7 Å². The molecule has 106 valence electrons. The van der Waals surface area contributed by atoms with Gasteiger partial charge in [-0.1, -0.05) is 36.9 Å². The van der Waals surface area contributed by atoms with Crippen molar-refractivity contribution in [3.05, 3.63) is 48.6 Å². The van der Waals surface area contributed by atoms with Gasteiger partial charge in [-0.2, -0.15) is 0 Å². The first kappa shape index (κ1) is 17.7. The zero-order valence-electron chi connectivity index (χ0n) is 12.1. The van der Waals surface area contributed by atoms with Crippen LogP contribution in [0.3, 0.4) is 0 Å². The predicted molar refractivity (Wildman–Crippen MR) is 74.8 cm³/mol. The highest BCUT2D eigenvalue weighted by molar-refractivity contribution is 5.87. The van der Waals surface area contributed by atoms with Crippen molar-refractivity contribution in [2.24, 2.45) is 0 Å². The Morgan fingerprint density at radius 3 is 2.32 bits per heavy atom. The van der Waals surface area contributed by atoms with E-state index in [9.17, 15) is 4.79 Å². The topological polar surface area (TPSA) is 29.1 Å². The summed E-state index contributed by atoms with van der Waals surface area (Å²) < 4.78 is 0.663. The third kappa shape index (κ3) is 3.58.